The van der Waals surface area contributed by atoms with E-state index in [1.165, 1.54) is 6.26 Å². The highest BCUT2D eigenvalue weighted by atomic mass is 32.2. The van der Waals surface area contributed by atoms with Crippen molar-refractivity contribution in [1.82, 2.24) is 5.32 Å². The largest absolute Gasteiger partial charge is 0.489 e. The summed E-state index contributed by atoms with van der Waals surface area (Å²) >= 11 is 0. The van der Waals surface area contributed by atoms with Gasteiger partial charge >= 0.3 is 0 Å². The fraction of sp³-hybridized carbons (Fsp3) is 0.500. The number of fused-ring (bicyclic) bond motifs is 1. The number of benzene rings is 1. The number of hydrogen-bond acceptors (Lipinski definition) is 4. The Morgan fingerprint density at radius 1 is 1.47 bits per heavy atom. The molecule has 1 aromatic carbocycles. The molecule has 0 aliphatic carbocycles. The summed E-state index contributed by atoms with van der Waals surface area (Å²) in [6.07, 6.45) is 3.24. The van der Waals surface area contributed by atoms with Crippen LogP contribution in [0.15, 0.2) is 23.1 Å². The molecule has 2 rings (SSSR count). The first kappa shape index (κ1) is 12.4. The normalized spacial score (nSPS) is 19.5. The van der Waals surface area contributed by atoms with Crippen molar-refractivity contribution in [2.75, 3.05) is 19.8 Å². The van der Waals surface area contributed by atoms with Gasteiger partial charge in [-0.1, -0.05) is 6.07 Å². The van der Waals surface area contributed by atoms with Crippen LogP contribution in [-0.2, 0) is 16.3 Å². The van der Waals surface area contributed by atoms with Gasteiger partial charge in [0, 0.05) is 12.8 Å². The molecule has 1 N–H and O–H groups in total. The fourth-order valence-electron chi connectivity index (χ4n) is 2.01. The molecule has 0 saturated carbocycles. The number of aryl methyl sites for hydroxylation is 1. The Bertz CT molecular complexity index is 510. The average molecular weight is 255 g/mol. The molecule has 0 aromatic heterocycles. The molecule has 4 nitrogen and oxygen atoms in total. The van der Waals surface area contributed by atoms with E-state index in [1.807, 2.05) is 13.1 Å². The summed E-state index contributed by atoms with van der Waals surface area (Å²) in [7, 11) is -1.28. The molecule has 17 heavy (non-hydrogen) atoms. The maximum Gasteiger partial charge on any atom is 0.175 e. The van der Waals surface area contributed by atoms with Crippen LogP contribution in [0.1, 0.15) is 12.0 Å². The van der Waals surface area contributed by atoms with Crippen LogP contribution >= 0.6 is 0 Å². The van der Waals surface area contributed by atoms with E-state index in [9.17, 15) is 8.42 Å². The number of rotatable bonds is 3. The van der Waals surface area contributed by atoms with E-state index >= 15 is 0 Å². The zero-order valence-electron chi connectivity index (χ0n) is 10.1. The molecule has 1 atom stereocenters. The monoisotopic (exact) mass is 255 g/mol. The molecule has 0 unspecified atom stereocenters. The second-order valence-electron chi connectivity index (χ2n) is 4.38. The van der Waals surface area contributed by atoms with E-state index in [-0.39, 0.29) is 6.10 Å². The zero-order chi connectivity index (χ0) is 12.5. The first-order valence-electron chi connectivity index (χ1n) is 5.65. The van der Waals surface area contributed by atoms with E-state index in [1.54, 1.807) is 12.1 Å². The van der Waals surface area contributed by atoms with Gasteiger partial charge in [-0.15, -0.1) is 0 Å². The van der Waals surface area contributed by atoms with Crippen molar-refractivity contribution in [2.45, 2.75) is 23.8 Å². The molecule has 94 valence electrons. The summed E-state index contributed by atoms with van der Waals surface area (Å²) < 4.78 is 28.7. The molecule has 0 saturated heterocycles. The Hall–Kier alpha value is -1.07. The van der Waals surface area contributed by atoms with Gasteiger partial charge in [0.05, 0.1) is 4.90 Å². The lowest BCUT2D eigenvalue weighted by molar-refractivity contribution is 0.173. The number of hydrogen-bond donors (Lipinski definition) is 1. The third kappa shape index (κ3) is 2.79. The first-order valence-corrected chi connectivity index (χ1v) is 7.54. The van der Waals surface area contributed by atoms with Crippen LogP contribution in [0, 0.1) is 0 Å². The Morgan fingerprint density at radius 3 is 2.88 bits per heavy atom. The number of sulfone groups is 1. The third-order valence-corrected chi connectivity index (χ3v) is 4.04. The Kier molecular flexibility index (Phi) is 3.40. The van der Waals surface area contributed by atoms with Crippen molar-refractivity contribution in [2.24, 2.45) is 0 Å². The molecule has 1 aliphatic heterocycles. The van der Waals surface area contributed by atoms with Crippen molar-refractivity contribution in [3.8, 4) is 5.75 Å². The van der Waals surface area contributed by atoms with Gasteiger partial charge in [-0.05, 0) is 37.6 Å². The molecule has 5 heteroatoms. The number of nitrogens with one attached hydrogen (secondary N) is 1. The van der Waals surface area contributed by atoms with E-state index in [4.69, 9.17) is 4.74 Å². The lowest BCUT2D eigenvalue weighted by Gasteiger charge is -2.26. The van der Waals surface area contributed by atoms with Crippen molar-refractivity contribution in [1.29, 1.82) is 0 Å². The summed E-state index contributed by atoms with van der Waals surface area (Å²) in [5.74, 6) is 0.708. The highest BCUT2D eigenvalue weighted by Gasteiger charge is 2.20. The standard InChI is InChI=1S/C12H17NO3S/c1-13-8-10-5-3-9-4-6-11(17(2,14)15)7-12(9)16-10/h4,6-7,10,13H,3,5,8H2,1-2H3/t10-/m1/s1. The molecule has 0 fully saturated rings. The minimum atomic E-state index is -3.16. The Labute approximate surface area is 102 Å². The van der Waals surface area contributed by atoms with Crippen molar-refractivity contribution in [3.63, 3.8) is 0 Å². The quantitative estimate of drug-likeness (QED) is 0.875. The van der Waals surface area contributed by atoms with Crippen molar-refractivity contribution < 1.29 is 13.2 Å². The molecule has 0 radical (unpaired) electrons. The van der Waals surface area contributed by atoms with Gasteiger partial charge in [0.25, 0.3) is 0 Å². The highest BCUT2D eigenvalue weighted by Crippen LogP contribution is 2.29. The minimum Gasteiger partial charge on any atom is -0.489 e. The third-order valence-electron chi connectivity index (χ3n) is 2.93. The molecular formula is C12H17NO3S. The first-order chi connectivity index (χ1) is 8.00. The lowest BCUT2D eigenvalue weighted by atomic mass is 10.0. The summed E-state index contributed by atoms with van der Waals surface area (Å²) in [6, 6.07) is 5.13. The van der Waals surface area contributed by atoms with Crippen LogP contribution in [0.25, 0.3) is 0 Å². The van der Waals surface area contributed by atoms with Gasteiger partial charge < -0.3 is 10.1 Å². The van der Waals surface area contributed by atoms with Crippen molar-refractivity contribution in [3.05, 3.63) is 23.8 Å². The zero-order valence-corrected chi connectivity index (χ0v) is 10.9. The van der Waals surface area contributed by atoms with Gasteiger partial charge in [-0.25, -0.2) is 8.42 Å². The molecule has 0 bridgehead atoms. The fourth-order valence-corrected chi connectivity index (χ4v) is 2.64. The van der Waals surface area contributed by atoms with Gasteiger partial charge in [-0.2, -0.15) is 0 Å². The highest BCUT2D eigenvalue weighted by molar-refractivity contribution is 7.90. The van der Waals surface area contributed by atoms with Gasteiger partial charge in [0.1, 0.15) is 11.9 Å². The molecule has 1 heterocycles. The van der Waals surface area contributed by atoms with E-state index in [0.29, 0.717) is 10.6 Å². The van der Waals surface area contributed by atoms with Crippen LogP contribution in [0.3, 0.4) is 0 Å². The van der Waals surface area contributed by atoms with Crippen LogP contribution < -0.4 is 10.1 Å². The van der Waals surface area contributed by atoms with Gasteiger partial charge in [0.15, 0.2) is 9.84 Å². The van der Waals surface area contributed by atoms with E-state index in [2.05, 4.69) is 5.32 Å². The Morgan fingerprint density at radius 2 is 2.24 bits per heavy atom. The predicted molar refractivity (Wildman–Crippen MR) is 66.2 cm³/mol. The topological polar surface area (TPSA) is 55.4 Å². The Balaban J connectivity index is 2.29. The second kappa shape index (κ2) is 4.66. The molecule has 0 amide bonds. The van der Waals surface area contributed by atoms with E-state index < -0.39 is 9.84 Å². The van der Waals surface area contributed by atoms with Crippen LogP contribution in [-0.4, -0.2) is 34.4 Å². The number of ether oxygens (including phenoxy) is 1. The summed E-state index contributed by atoms with van der Waals surface area (Å²) in [5, 5.41) is 3.07. The van der Waals surface area contributed by atoms with Gasteiger partial charge in [-0.3, -0.25) is 0 Å². The second-order valence-corrected chi connectivity index (χ2v) is 6.39. The number of likely N-dealkylation sites (N-methyl/N-ethyl adjacent to an activating group) is 1. The summed E-state index contributed by atoms with van der Waals surface area (Å²) in [6.45, 7) is 0.780. The maximum absolute atomic E-state index is 11.5. The van der Waals surface area contributed by atoms with Crippen LogP contribution in [0.5, 0.6) is 5.75 Å². The summed E-state index contributed by atoms with van der Waals surface area (Å²) in [5.41, 5.74) is 1.09. The smallest absolute Gasteiger partial charge is 0.175 e. The minimum absolute atomic E-state index is 0.127. The van der Waals surface area contributed by atoms with Gasteiger partial charge in [0.2, 0.25) is 0 Å². The van der Waals surface area contributed by atoms with E-state index in [0.717, 1.165) is 24.9 Å². The van der Waals surface area contributed by atoms with Crippen LogP contribution in [0.2, 0.25) is 0 Å². The molecule has 1 aliphatic rings. The average Bonchev–Trinajstić information content (AvgIpc) is 2.27. The van der Waals surface area contributed by atoms with Crippen molar-refractivity contribution >= 4 is 9.84 Å². The maximum atomic E-state index is 11.5. The lowest BCUT2D eigenvalue weighted by Crippen LogP contribution is -2.32. The summed E-state index contributed by atoms with van der Waals surface area (Å²) in [4.78, 5) is 0.321. The molecule has 1 aromatic rings. The SMILES string of the molecule is CNC[C@H]1CCc2ccc(S(C)(=O)=O)cc2O1. The molecule has 0 spiro atoms. The molecular weight excluding hydrogens is 238 g/mol. The predicted octanol–water partition coefficient (Wildman–Crippen LogP) is 1.00. The van der Waals surface area contributed by atoms with Crippen LogP contribution in [0.4, 0.5) is 0 Å².